The van der Waals surface area contributed by atoms with Crippen LogP contribution in [0, 0.1) is 20.8 Å². The number of rotatable bonds is 8. The molecule has 2 aromatic rings. The van der Waals surface area contributed by atoms with Gasteiger partial charge in [0.25, 0.3) is 11.7 Å². The predicted octanol–water partition coefficient (Wildman–Crippen LogP) is 4.47. The van der Waals surface area contributed by atoms with Crippen LogP contribution in [0.5, 0.6) is 5.75 Å². The van der Waals surface area contributed by atoms with Gasteiger partial charge >= 0.3 is 0 Å². The highest BCUT2D eigenvalue weighted by Gasteiger charge is 2.46. The number of benzene rings is 2. The summed E-state index contributed by atoms with van der Waals surface area (Å²) in [5, 5.41) is 21.7. The van der Waals surface area contributed by atoms with Crippen LogP contribution in [0.1, 0.15) is 54.1 Å². The van der Waals surface area contributed by atoms with E-state index in [2.05, 4.69) is 18.7 Å². The summed E-state index contributed by atoms with van der Waals surface area (Å²) in [5.74, 6) is -1.81. The SMILES string of the molecule is CCN(CC)CCCN1C(=O)C(=O)C(=C(O)c2cc(C)c(C)cc2O)[C@@H]1c1ccc(C)cc1. The summed E-state index contributed by atoms with van der Waals surface area (Å²) < 4.78 is 0. The van der Waals surface area contributed by atoms with E-state index in [0.717, 1.165) is 41.9 Å². The Morgan fingerprint density at radius 1 is 1.00 bits per heavy atom. The van der Waals surface area contributed by atoms with Gasteiger partial charge in [-0.05, 0) is 75.6 Å². The number of aryl methyl sites for hydroxylation is 3. The van der Waals surface area contributed by atoms with Gasteiger partial charge in [-0.25, -0.2) is 0 Å². The lowest BCUT2D eigenvalue weighted by Gasteiger charge is -2.27. The van der Waals surface area contributed by atoms with Crippen LogP contribution in [-0.4, -0.2) is 57.9 Å². The van der Waals surface area contributed by atoms with Gasteiger partial charge < -0.3 is 20.0 Å². The molecule has 6 nitrogen and oxygen atoms in total. The lowest BCUT2D eigenvalue weighted by atomic mass is 9.93. The molecule has 0 spiro atoms. The summed E-state index contributed by atoms with van der Waals surface area (Å²) in [6.07, 6.45) is 0.714. The molecule has 1 aliphatic rings. The summed E-state index contributed by atoms with van der Waals surface area (Å²) in [6.45, 7) is 12.9. The van der Waals surface area contributed by atoms with Gasteiger partial charge in [0.2, 0.25) is 0 Å². The van der Waals surface area contributed by atoms with Crippen LogP contribution >= 0.6 is 0 Å². The summed E-state index contributed by atoms with van der Waals surface area (Å²) in [4.78, 5) is 30.1. The smallest absolute Gasteiger partial charge is 0.295 e. The van der Waals surface area contributed by atoms with Crippen molar-refractivity contribution in [3.05, 3.63) is 69.8 Å². The topological polar surface area (TPSA) is 81.1 Å². The maximum Gasteiger partial charge on any atom is 0.295 e. The van der Waals surface area contributed by atoms with E-state index in [4.69, 9.17) is 0 Å². The van der Waals surface area contributed by atoms with Gasteiger partial charge in [-0.1, -0.05) is 43.7 Å². The van der Waals surface area contributed by atoms with Crippen molar-refractivity contribution < 1.29 is 19.8 Å². The van der Waals surface area contributed by atoms with E-state index < -0.39 is 17.7 Å². The minimum absolute atomic E-state index is 0.0187. The molecule has 0 radical (unpaired) electrons. The zero-order valence-electron chi connectivity index (χ0n) is 20.2. The molecule has 2 aromatic carbocycles. The fourth-order valence-electron chi connectivity index (χ4n) is 4.35. The van der Waals surface area contributed by atoms with Crippen molar-refractivity contribution in [1.29, 1.82) is 0 Å². The van der Waals surface area contributed by atoms with Crippen molar-refractivity contribution >= 4 is 17.4 Å². The van der Waals surface area contributed by atoms with E-state index in [1.165, 1.54) is 0 Å². The molecule has 0 unspecified atom stereocenters. The molecule has 0 aliphatic carbocycles. The average molecular weight is 451 g/mol. The molecule has 1 saturated heterocycles. The second-order valence-electron chi connectivity index (χ2n) is 8.74. The molecule has 1 fully saturated rings. The van der Waals surface area contributed by atoms with Gasteiger partial charge in [0.05, 0.1) is 17.2 Å². The summed E-state index contributed by atoms with van der Waals surface area (Å²) in [5.41, 5.74) is 3.74. The number of hydrogen-bond acceptors (Lipinski definition) is 5. The van der Waals surface area contributed by atoms with Crippen molar-refractivity contribution in [3.8, 4) is 5.75 Å². The highest BCUT2D eigenvalue weighted by atomic mass is 16.3. The number of aliphatic hydroxyl groups is 1. The molecule has 33 heavy (non-hydrogen) atoms. The quantitative estimate of drug-likeness (QED) is 0.352. The minimum atomic E-state index is -0.724. The van der Waals surface area contributed by atoms with Gasteiger partial charge in [-0.15, -0.1) is 0 Å². The van der Waals surface area contributed by atoms with Crippen LogP contribution in [0.3, 0.4) is 0 Å². The number of phenols is 1. The predicted molar refractivity (Wildman–Crippen MR) is 130 cm³/mol. The number of aliphatic hydroxyl groups excluding tert-OH is 1. The number of hydrogen-bond donors (Lipinski definition) is 2. The fourth-order valence-corrected chi connectivity index (χ4v) is 4.35. The number of phenolic OH excluding ortho intramolecular Hbond substituents is 1. The molecule has 1 atom stereocenters. The van der Waals surface area contributed by atoms with E-state index in [-0.39, 0.29) is 22.6 Å². The van der Waals surface area contributed by atoms with E-state index in [1.807, 2.05) is 45.0 Å². The highest BCUT2D eigenvalue weighted by Crippen LogP contribution is 2.41. The number of aromatic hydroxyl groups is 1. The molecule has 0 saturated carbocycles. The Balaban J connectivity index is 2.08. The van der Waals surface area contributed by atoms with E-state index in [9.17, 15) is 19.8 Å². The molecule has 0 bridgehead atoms. The Kier molecular flexibility index (Phi) is 7.59. The van der Waals surface area contributed by atoms with E-state index >= 15 is 0 Å². The molecule has 1 amide bonds. The van der Waals surface area contributed by atoms with Crippen molar-refractivity contribution in [2.45, 2.75) is 47.1 Å². The molecule has 6 heteroatoms. The van der Waals surface area contributed by atoms with E-state index in [1.54, 1.807) is 17.0 Å². The maximum absolute atomic E-state index is 13.2. The number of ketones is 1. The highest BCUT2D eigenvalue weighted by molar-refractivity contribution is 6.46. The molecule has 176 valence electrons. The fraction of sp³-hybridized carbons (Fsp3) is 0.407. The van der Waals surface area contributed by atoms with Gasteiger partial charge in [-0.3, -0.25) is 9.59 Å². The summed E-state index contributed by atoms with van der Waals surface area (Å²) >= 11 is 0. The van der Waals surface area contributed by atoms with E-state index in [0.29, 0.717) is 13.0 Å². The van der Waals surface area contributed by atoms with Crippen LogP contribution in [0.4, 0.5) is 0 Å². The lowest BCUT2D eigenvalue weighted by molar-refractivity contribution is -0.140. The first-order valence-electron chi connectivity index (χ1n) is 11.6. The van der Waals surface area contributed by atoms with Crippen LogP contribution in [0.25, 0.3) is 5.76 Å². The number of likely N-dealkylation sites (tertiary alicyclic amines) is 1. The monoisotopic (exact) mass is 450 g/mol. The van der Waals surface area contributed by atoms with Gasteiger partial charge in [0.1, 0.15) is 11.5 Å². The zero-order chi connectivity index (χ0) is 24.3. The van der Waals surface area contributed by atoms with Crippen LogP contribution < -0.4 is 0 Å². The lowest BCUT2D eigenvalue weighted by Crippen LogP contribution is -2.33. The first-order valence-corrected chi connectivity index (χ1v) is 11.6. The maximum atomic E-state index is 13.2. The first kappa shape index (κ1) is 24.5. The summed E-state index contributed by atoms with van der Waals surface area (Å²) in [7, 11) is 0. The number of Topliss-reactive ketones (excluding diaryl/α,β-unsaturated/α-hetero) is 1. The Morgan fingerprint density at radius 3 is 2.21 bits per heavy atom. The van der Waals surface area contributed by atoms with Crippen LogP contribution in [0.15, 0.2) is 42.0 Å². The number of carbonyl (C=O) groups is 2. The third-order valence-corrected chi connectivity index (χ3v) is 6.57. The van der Waals surface area contributed by atoms with Crippen molar-refractivity contribution in [2.75, 3.05) is 26.2 Å². The van der Waals surface area contributed by atoms with Crippen LogP contribution in [-0.2, 0) is 9.59 Å². The van der Waals surface area contributed by atoms with Gasteiger partial charge in [0, 0.05) is 6.54 Å². The van der Waals surface area contributed by atoms with Gasteiger partial charge in [-0.2, -0.15) is 0 Å². The third kappa shape index (κ3) is 4.96. The molecule has 0 aromatic heterocycles. The zero-order valence-corrected chi connectivity index (χ0v) is 20.2. The number of amides is 1. The standard InChI is InChI=1S/C27H34N2O4/c1-6-28(7-2)13-8-14-29-24(20-11-9-17(3)10-12-20)23(26(32)27(29)33)25(31)21-15-18(4)19(5)16-22(21)30/h9-12,15-16,24,30-31H,6-8,13-14H2,1-5H3/t24-/m0/s1. The first-order chi connectivity index (χ1) is 15.7. The molecule has 1 aliphatic heterocycles. The molecular weight excluding hydrogens is 416 g/mol. The van der Waals surface area contributed by atoms with Crippen molar-refractivity contribution in [3.63, 3.8) is 0 Å². The third-order valence-electron chi connectivity index (χ3n) is 6.57. The Bertz CT molecular complexity index is 1070. The second kappa shape index (κ2) is 10.2. The molecular formula is C27H34N2O4. The Labute approximate surface area is 196 Å². The second-order valence-corrected chi connectivity index (χ2v) is 8.74. The normalized spacial score (nSPS) is 17.9. The number of nitrogens with zero attached hydrogens (tertiary/aromatic N) is 2. The molecule has 3 rings (SSSR count). The summed E-state index contributed by atoms with van der Waals surface area (Å²) in [6, 6.07) is 10.1. The Morgan fingerprint density at radius 2 is 1.61 bits per heavy atom. The molecule has 2 N–H and O–H groups in total. The molecule has 1 heterocycles. The Hall–Kier alpha value is -3.12. The number of carbonyl (C=O) groups excluding carboxylic acids is 2. The van der Waals surface area contributed by atoms with Gasteiger partial charge in [0.15, 0.2) is 0 Å². The largest absolute Gasteiger partial charge is 0.507 e. The average Bonchev–Trinajstić information content (AvgIpc) is 3.04. The van der Waals surface area contributed by atoms with Crippen molar-refractivity contribution in [2.24, 2.45) is 0 Å². The minimum Gasteiger partial charge on any atom is -0.507 e. The van der Waals surface area contributed by atoms with Crippen molar-refractivity contribution in [1.82, 2.24) is 9.80 Å². The van der Waals surface area contributed by atoms with Crippen LogP contribution in [0.2, 0.25) is 0 Å².